The van der Waals surface area contributed by atoms with Gasteiger partial charge in [0.1, 0.15) is 11.5 Å². The van der Waals surface area contributed by atoms with Gasteiger partial charge < -0.3 is 10.2 Å². The van der Waals surface area contributed by atoms with E-state index in [-0.39, 0.29) is 60.9 Å². The molecule has 0 saturated carbocycles. The van der Waals surface area contributed by atoms with Crippen LogP contribution in [0, 0.1) is 49.4 Å². The maximum atomic E-state index is 9.54. The monoisotopic (exact) mass is 421 g/mol. The second-order valence-corrected chi connectivity index (χ2v) is 4.19. The van der Waals surface area contributed by atoms with Crippen molar-refractivity contribution in [2.24, 2.45) is 9.98 Å². The number of para-hydroxylation sites is 2. The van der Waals surface area contributed by atoms with Gasteiger partial charge in [-0.25, -0.2) is 0 Å². The molecule has 0 unspecified atom stereocenters. The summed E-state index contributed by atoms with van der Waals surface area (Å²) in [5.74, 6) is 0.433. The van der Waals surface area contributed by atoms with Crippen molar-refractivity contribution in [3.63, 3.8) is 0 Å². The molecule has 4 nitrogen and oxygen atoms in total. The molecule has 0 aliphatic heterocycles. The second kappa shape index (κ2) is 9.82. The maximum Gasteiger partial charge on any atom is 0.124 e. The number of nitrogens with zero attached hydrogens (tertiary/aromatic N) is 2. The summed E-state index contributed by atoms with van der Waals surface area (Å²) in [5, 5.41) is 19.1. The first-order valence-electron chi connectivity index (χ1n) is 6.33. The molecule has 0 aliphatic rings. The minimum Gasteiger partial charge on any atom is -0.507 e. The van der Waals surface area contributed by atoms with Gasteiger partial charge in [0.25, 0.3) is 0 Å². The van der Waals surface area contributed by atoms with Crippen LogP contribution in [0.5, 0.6) is 11.5 Å². The molecule has 0 aromatic heterocycles. The molecule has 0 spiro atoms. The number of rotatable bonds is 5. The molecule has 21 heavy (non-hydrogen) atoms. The van der Waals surface area contributed by atoms with Crippen LogP contribution in [-0.2, 0) is 0 Å². The van der Waals surface area contributed by atoms with Gasteiger partial charge in [-0.3, -0.25) is 9.98 Å². The molecule has 2 rings (SSSR count). The third-order valence-electron chi connectivity index (χ3n) is 2.69. The molecule has 0 fully saturated rings. The number of hydrogen-bond donors (Lipinski definition) is 2. The molecule has 2 aromatic carbocycles. The minimum atomic E-state index is 0. The van der Waals surface area contributed by atoms with Gasteiger partial charge in [0, 0.05) is 72.9 Å². The van der Waals surface area contributed by atoms with Crippen LogP contribution in [0.15, 0.2) is 58.5 Å². The summed E-state index contributed by atoms with van der Waals surface area (Å²) in [7, 11) is 0. The molecule has 109 valence electrons. The SMILES string of the molecule is Oc1ccccc1C=NCCN=Cc1ccccc1O.[Eu]. The molecule has 1 radical (unpaired) electrons. The van der Waals surface area contributed by atoms with Crippen molar-refractivity contribution in [1.82, 2.24) is 0 Å². The Hall–Kier alpha value is -1.04. The van der Waals surface area contributed by atoms with Crippen LogP contribution in [-0.4, -0.2) is 35.7 Å². The first kappa shape index (κ1) is 18.0. The van der Waals surface area contributed by atoms with E-state index in [9.17, 15) is 10.2 Å². The molecular weight excluding hydrogens is 404 g/mol. The average molecular weight is 420 g/mol. The third-order valence-corrected chi connectivity index (χ3v) is 2.69. The summed E-state index contributed by atoms with van der Waals surface area (Å²) in [4.78, 5) is 8.39. The number of phenolic OH excluding ortho intramolecular Hbond substituents is 2. The first-order chi connectivity index (χ1) is 9.77. The molecule has 0 amide bonds. The first-order valence-corrected chi connectivity index (χ1v) is 6.33. The number of aliphatic imine (C=N–C) groups is 2. The van der Waals surface area contributed by atoms with Gasteiger partial charge in [-0.2, -0.15) is 0 Å². The van der Waals surface area contributed by atoms with Crippen LogP contribution in [0.25, 0.3) is 0 Å². The van der Waals surface area contributed by atoms with Crippen LogP contribution in [0.3, 0.4) is 0 Å². The van der Waals surface area contributed by atoms with E-state index in [1.54, 1.807) is 48.8 Å². The van der Waals surface area contributed by atoms with Crippen LogP contribution >= 0.6 is 0 Å². The topological polar surface area (TPSA) is 65.2 Å². The molecule has 0 bridgehead atoms. The summed E-state index contributed by atoms with van der Waals surface area (Å²) >= 11 is 0. The van der Waals surface area contributed by atoms with Crippen molar-refractivity contribution < 1.29 is 59.6 Å². The predicted molar refractivity (Wildman–Crippen MR) is 81.1 cm³/mol. The fraction of sp³-hybridized carbons (Fsp3) is 0.125. The Labute approximate surface area is 164 Å². The number of benzene rings is 2. The summed E-state index contributed by atoms with van der Waals surface area (Å²) in [6.07, 6.45) is 3.26. The van der Waals surface area contributed by atoms with Crippen molar-refractivity contribution in [1.29, 1.82) is 0 Å². The second-order valence-electron chi connectivity index (χ2n) is 4.19. The molecule has 2 aromatic rings. The minimum absolute atomic E-state index is 0. The van der Waals surface area contributed by atoms with Crippen LogP contribution in [0.1, 0.15) is 11.1 Å². The van der Waals surface area contributed by atoms with Crippen molar-refractivity contribution in [2.45, 2.75) is 0 Å². The van der Waals surface area contributed by atoms with Crippen LogP contribution in [0.2, 0.25) is 0 Å². The van der Waals surface area contributed by atoms with E-state index in [1.165, 1.54) is 0 Å². The van der Waals surface area contributed by atoms with Crippen LogP contribution in [0.4, 0.5) is 0 Å². The van der Waals surface area contributed by atoms with E-state index < -0.39 is 0 Å². The van der Waals surface area contributed by atoms with Gasteiger partial charge in [0.2, 0.25) is 0 Å². The summed E-state index contributed by atoms with van der Waals surface area (Å²) in [6, 6.07) is 14.1. The zero-order valence-electron chi connectivity index (χ0n) is 11.4. The van der Waals surface area contributed by atoms with Crippen molar-refractivity contribution >= 4 is 12.4 Å². The molecule has 5 heteroatoms. The molecule has 2 N–H and O–H groups in total. The molecule has 0 atom stereocenters. The van der Waals surface area contributed by atoms with Gasteiger partial charge in [0.05, 0.1) is 13.1 Å². The van der Waals surface area contributed by atoms with Crippen LogP contribution < -0.4 is 0 Å². The predicted octanol–water partition coefficient (Wildman–Crippen LogP) is 2.64. The van der Waals surface area contributed by atoms with Crippen molar-refractivity contribution in [3.8, 4) is 11.5 Å². The maximum absolute atomic E-state index is 9.54. The Morgan fingerprint density at radius 2 is 1.10 bits per heavy atom. The fourth-order valence-electron chi connectivity index (χ4n) is 1.63. The van der Waals surface area contributed by atoms with E-state index in [0.29, 0.717) is 24.2 Å². The standard InChI is InChI=1S/C16H16N2O2.Eu/c19-15-7-3-1-5-13(15)11-17-9-10-18-12-14-6-2-4-8-16(14)20;/h1-8,11-12,19-20H,9-10H2;. The molecule has 0 saturated heterocycles. The van der Waals surface area contributed by atoms with Crippen molar-refractivity contribution in [3.05, 3.63) is 59.7 Å². The average Bonchev–Trinajstić information content (AvgIpc) is 2.46. The van der Waals surface area contributed by atoms with Gasteiger partial charge in [-0.05, 0) is 24.3 Å². The molecule has 0 heterocycles. The van der Waals surface area contributed by atoms with Gasteiger partial charge >= 0.3 is 0 Å². The number of hydrogen-bond acceptors (Lipinski definition) is 4. The molecule has 0 aliphatic carbocycles. The summed E-state index contributed by atoms with van der Waals surface area (Å²) in [5.41, 5.74) is 1.38. The zero-order valence-corrected chi connectivity index (χ0v) is 13.8. The van der Waals surface area contributed by atoms with E-state index >= 15 is 0 Å². The quantitative estimate of drug-likeness (QED) is 0.577. The number of aromatic hydroxyl groups is 2. The Morgan fingerprint density at radius 1 is 0.714 bits per heavy atom. The van der Waals surface area contributed by atoms with Crippen molar-refractivity contribution in [2.75, 3.05) is 13.1 Å². The Morgan fingerprint density at radius 3 is 1.48 bits per heavy atom. The Kier molecular flexibility index (Phi) is 8.42. The Bertz CT molecular complexity index is 572. The van der Waals surface area contributed by atoms with Gasteiger partial charge in [-0.1, -0.05) is 24.3 Å². The Balaban J connectivity index is 0.00000220. The summed E-state index contributed by atoms with van der Waals surface area (Å²) < 4.78 is 0. The van der Waals surface area contributed by atoms with Gasteiger partial charge in [-0.15, -0.1) is 0 Å². The number of phenols is 2. The molecular formula is C16H16EuN2O2. The third kappa shape index (κ3) is 6.08. The van der Waals surface area contributed by atoms with Gasteiger partial charge in [0.15, 0.2) is 0 Å². The zero-order chi connectivity index (χ0) is 14.2. The van der Waals surface area contributed by atoms with E-state index in [1.807, 2.05) is 12.1 Å². The smallest absolute Gasteiger partial charge is 0.124 e. The van der Waals surface area contributed by atoms with E-state index in [4.69, 9.17) is 0 Å². The summed E-state index contributed by atoms with van der Waals surface area (Å²) in [6.45, 7) is 1.05. The van der Waals surface area contributed by atoms with E-state index in [2.05, 4.69) is 9.98 Å². The largest absolute Gasteiger partial charge is 0.507 e. The fourth-order valence-corrected chi connectivity index (χ4v) is 1.63. The normalized spacial score (nSPS) is 10.9. The van der Waals surface area contributed by atoms with E-state index in [0.717, 1.165) is 0 Å².